The number of aldehydes is 3. The van der Waals surface area contributed by atoms with Gasteiger partial charge in [-0.2, -0.15) is 0 Å². The molecule has 19 heteroatoms. The lowest BCUT2D eigenvalue weighted by Gasteiger charge is -1.84. The predicted octanol–water partition coefficient (Wildman–Crippen LogP) is 4.63. The average molecular weight is 677 g/mol. The Morgan fingerprint density at radius 3 is 0.915 bits per heavy atom. The number of hydrogen-bond donors (Lipinski definition) is 5. The second kappa shape index (κ2) is 28.3. The number of furan rings is 4. The minimum absolute atomic E-state index is 0. The molecule has 0 aliphatic carbocycles. The number of hydrogen-bond acceptors (Lipinski definition) is 14. The minimum atomic E-state index is -1.28. The van der Waals surface area contributed by atoms with E-state index in [1.54, 1.807) is 6.07 Å². The van der Waals surface area contributed by atoms with Crippen molar-refractivity contribution in [2.45, 2.75) is 36.3 Å². The topological polar surface area (TPSA) is 339 Å². The van der Waals surface area contributed by atoms with Gasteiger partial charge in [-0.1, -0.05) is 29.7 Å². The van der Waals surface area contributed by atoms with Crippen molar-refractivity contribution < 1.29 is 82.2 Å². The monoisotopic (exact) mass is 676 g/mol. The van der Waals surface area contributed by atoms with Crippen LogP contribution in [0.1, 0.15) is 109 Å². The van der Waals surface area contributed by atoms with Crippen LogP contribution in [0.15, 0.2) is 66.2 Å². The van der Waals surface area contributed by atoms with Gasteiger partial charge in [0.05, 0.1) is 0 Å². The smallest absolute Gasteiger partial charge is 0.371 e. The van der Waals surface area contributed by atoms with Gasteiger partial charge in [0.2, 0.25) is 23.0 Å². The molecular formula is C28H36O19. The third-order valence-corrected chi connectivity index (χ3v) is 3.89. The summed E-state index contributed by atoms with van der Waals surface area (Å²) in [5.74, 6) is -5.38. The molecule has 0 radical (unpaired) electrons. The summed E-state index contributed by atoms with van der Waals surface area (Å²) < 4.78 is 18.2. The number of aliphatic hydroxyl groups is 1. The molecule has 262 valence electrons. The summed E-state index contributed by atoms with van der Waals surface area (Å²) in [5.41, 5.74) is 0. The molecule has 19 nitrogen and oxygen atoms in total. The van der Waals surface area contributed by atoms with E-state index in [1.165, 1.54) is 30.3 Å². The van der Waals surface area contributed by atoms with Crippen LogP contribution in [-0.2, 0) is 6.61 Å². The molecule has 0 aliphatic rings. The maximum absolute atomic E-state index is 10.2. The number of carboxylic acid groups (broad SMARTS) is 4. The first-order chi connectivity index (χ1) is 19.9. The van der Waals surface area contributed by atoms with Crippen LogP contribution in [-0.4, -0.2) is 73.7 Å². The van der Waals surface area contributed by atoms with Crippen LogP contribution >= 0.6 is 0 Å². The van der Waals surface area contributed by atoms with Crippen molar-refractivity contribution in [3.8, 4) is 0 Å². The van der Waals surface area contributed by atoms with Gasteiger partial charge in [0.15, 0.2) is 36.1 Å². The lowest BCUT2D eigenvalue weighted by Crippen LogP contribution is -1.94. The van der Waals surface area contributed by atoms with Crippen LogP contribution < -0.4 is 0 Å². The highest BCUT2D eigenvalue weighted by Gasteiger charge is 2.13. The fourth-order valence-corrected chi connectivity index (χ4v) is 2.17. The summed E-state index contributed by atoms with van der Waals surface area (Å²) in [6.07, 6.45) is 1.50. The Hall–Kier alpha value is -6.47. The van der Waals surface area contributed by atoms with Gasteiger partial charge in [0.25, 0.3) is 0 Å². The molecule has 4 heterocycles. The van der Waals surface area contributed by atoms with Gasteiger partial charge < -0.3 is 48.7 Å². The molecule has 0 atom stereocenters. The summed E-state index contributed by atoms with van der Waals surface area (Å²) in [7, 11) is 0. The van der Waals surface area contributed by atoms with Gasteiger partial charge in [0.1, 0.15) is 12.4 Å². The van der Waals surface area contributed by atoms with Crippen LogP contribution in [0.3, 0.4) is 0 Å². The lowest BCUT2D eigenvalue weighted by atomic mass is 10.4. The third kappa shape index (κ3) is 19.4. The van der Waals surface area contributed by atoms with Crippen LogP contribution in [0.2, 0.25) is 0 Å². The molecular weight excluding hydrogens is 640 g/mol. The summed E-state index contributed by atoms with van der Waals surface area (Å²) in [5, 5.41) is 41.6. The summed E-state index contributed by atoms with van der Waals surface area (Å²) in [4.78, 5) is 84.4. The molecule has 0 bridgehead atoms. The second-order valence-corrected chi connectivity index (χ2v) is 6.60. The van der Waals surface area contributed by atoms with Crippen molar-refractivity contribution in [3.63, 3.8) is 0 Å². The van der Waals surface area contributed by atoms with E-state index in [0.717, 1.165) is 12.1 Å². The summed E-state index contributed by atoms with van der Waals surface area (Å²) in [6, 6.07) is 10.3. The predicted molar refractivity (Wildman–Crippen MR) is 162 cm³/mol. The van der Waals surface area contributed by atoms with Gasteiger partial charge >= 0.3 is 23.9 Å². The van der Waals surface area contributed by atoms with E-state index in [9.17, 15) is 33.6 Å². The molecule has 0 fully saturated rings. The van der Waals surface area contributed by atoms with E-state index in [4.69, 9.17) is 39.9 Å². The van der Waals surface area contributed by atoms with Crippen molar-refractivity contribution >= 4 is 42.7 Å². The first kappa shape index (κ1) is 53.1. The van der Waals surface area contributed by atoms with E-state index >= 15 is 0 Å². The third-order valence-electron chi connectivity index (χ3n) is 3.89. The standard InChI is InChI=1S/C6H4O5.2C6H4O4.C6H6O3.4CH4.O2.H2O/c7-5(8)3-1-2-4(11-3)6(9)10;2*7-3-4-1-2-5(10-4)6(8)9;7-3-5-1-2-6(4-8)9-5;;;;;1-2;/h1-2H,(H,7,8)(H,9,10);2*1-3H,(H,8,9);1-3,8H,4H2;4*1H4;;1H2. The molecule has 0 saturated heterocycles. The Morgan fingerprint density at radius 1 is 0.489 bits per heavy atom. The molecule has 4 aromatic heterocycles. The lowest BCUT2D eigenvalue weighted by molar-refractivity contribution is 0.0623. The molecule has 47 heavy (non-hydrogen) atoms. The molecule has 4 rings (SSSR count). The summed E-state index contributed by atoms with van der Waals surface area (Å²) >= 11 is 0. The maximum atomic E-state index is 10.2. The number of carbonyl (C=O) groups excluding carboxylic acids is 3. The SMILES string of the molecule is C.C.C.C.O.O=C(O)c1ccc(C(=O)O)o1.O=Cc1ccc(C(=O)O)o1.O=Cc1ccc(C(=O)O)o1.O=Cc1ccc(CO)o1.O=O. The zero-order valence-electron chi connectivity index (χ0n) is 21.1. The molecule has 7 N–H and O–H groups in total. The highest BCUT2D eigenvalue weighted by atomic mass is 16.7. The maximum Gasteiger partial charge on any atom is 0.371 e. The van der Waals surface area contributed by atoms with Crippen molar-refractivity contribution in [1.29, 1.82) is 0 Å². The highest BCUT2D eigenvalue weighted by molar-refractivity contribution is 5.89. The van der Waals surface area contributed by atoms with Crippen molar-refractivity contribution in [2.75, 3.05) is 0 Å². The Bertz CT molecular complexity index is 1400. The number of carboxylic acids is 4. The van der Waals surface area contributed by atoms with Crippen LogP contribution in [0.5, 0.6) is 0 Å². The van der Waals surface area contributed by atoms with Crippen molar-refractivity contribution in [2.24, 2.45) is 0 Å². The minimum Gasteiger partial charge on any atom is -0.475 e. The zero-order chi connectivity index (χ0) is 32.2. The molecule has 4 aromatic rings. The fraction of sp³-hybridized carbons (Fsp3) is 0.179. The highest BCUT2D eigenvalue weighted by Crippen LogP contribution is 2.07. The molecule has 0 aromatic carbocycles. The number of rotatable bonds is 8. The fourth-order valence-electron chi connectivity index (χ4n) is 2.17. The van der Waals surface area contributed by atoms with Gasteiger partial charge in [0, 0.05) is 9.93 Å². The Morgan fingerprint density at radius 2 is 0.745 bits per heavy atom. The Labute approximate surface area is 266 Å². The number of carbonyl (C=O) groups is 7. The zero-order valence-corrected chi connectivity index (χ0v) is 21.1. The number of aliphatic hydroxyl groups excluding tert-OH is 1. The largest absolute Gasteiger partial charge is 0.475 e. The van der Waals surface area contributed by atoms with Gasteiger partial charge in [-0.3, -0.25) is 14.4 Å². The van der Waals surface area contributed by atoms with Crippen LogP contribution in [0.25, 0.3) is 0 Å². The van der Waals surface area contributed by atoms with E-state index in [-0.39, 0.29) is 82.1 Å². The van der Waals surface area contributed by atoms with Crippen molar-refractivity contribution in [1.82, 2.24) is 0 Å². The molecule has 0 saturated carbocycles. The van der Waals surface area contributed by atoms with Gasteiger partial charge in [-0.15, -0.1) is 0 Å². The first-order valence-electron chi connectivity index (χ1n) is 10.4. The Balaban J connectivity index is -0.000000113. The van der Waals surface area contributed by atoms with Crippen LogP contribution in [0.4, 0.5) is 0 Å². The average Bonchev–Trinajstić information content (AvgIpc) is 3.80. The molecule has 0 spiro atoms. The number of aromatic carboxylic acids is 4. The van der Waals surface area contributed by atoms with E-state index in [0.29, 0.717) is 24.6 Å². The van der Waals surface area contributed by atoms with Gasteiger partial charge in [-0.05, 0) is 48.5 Å². The van der Waals surface area contributed by atoms with Crippen molar-refractivity contribution in [3.05, 3.63) is 105 Å². The quantitative estimate of drug-likeness (QED) is 0.159. The molecule has 0 amide bonds. The normalized spacial score (nSPS) is 8.02. The Kier molecular flexibility index (Phi) is 32.0. The molecule has 0 unspecified atom stereocenters. The van der Waals surface area contributed by atoms with E-state index in [2.05, 4.69) is 13.3 Å². The van der Waals surface area contributed by atoms with E-state index < -0.39 is 23.9 Å². The van der Waals surface area contributed by atoms with E-state index in [1.807, 2.05) is 0 Å². The summed E-state index contributed by atoms with van der Waals surface area (Å²) in [6.45, 7) is -0.159. The molecule has 0 aliphatic heterocycles. The van der Waals surface area contributed by atoms with Crippen LogP contribution in [0, 0.1) is 9.93 Å². The van der Waals surface area contributed by atoms with Gasteiger partial charge in [-0.25, -0.2) is 19.2 Å². The second-order valence-electron chi connectivity index (χ2n) is 6.60. The first-order valence-corrected chi connectivity index (χ1v) is 10.4.